The summed E-state index contributed by atoms with van der Waals surface area (Å²) in [5, 5.41) is 16.1. The Bertz CT molecular complexity index is 560. The predicted octanol–water partition coefficient (Wildman–Crippen LogP) is 3.32. The summed E-state index contributed by atoms with van der Waals surface area (Å²) >= 11 is 1.49. The molecule has 0 radical (unpaired) electrons. The third-order valence-corrected chi connectivity index (χ3v) is 3.36. The third-order valence-electron chi connectivity index (χ3n) is 2.50. The molecule has 0 aliphatic heterocycles. The lowest BCUT2D eigenvalue weighted by Crippen LogP contribution is -2.12. The van der Waals surface area contributed by atoms with Crippen LogP contribution in [0, 0.1) is 13.8 Å². The molecule has 3 nitrogen and oxygen atoms in total. The molecular formula is C13H13NO2S. The van der Waals surface area contributed by atoms with Gasteiger partial charge in [-0.2, -0.15) is 11.3 Å². The molecule has 0 fully saturated rings. The van der Waals surface area contributed by atoms with Crippen molar-refractivity contribution in [1.82, 2.24) is 0 Å². The van der Waals surface area contributed by atoms with Gasteiger partial charge in [0.15, 0.2) is 0 Å². The van der Waals surface area contributed by atoms with Gasteiger partial charge in [0.1, 0.15) is 5.75 Å². The molecule has 88 valence electrons. The molecule has 1 heterocycles. The van der Waals surface area contributed by atoms with Gasteiger partial charge in [-0.25, -0.2) is 0 Å². The summed E-state index contributed by atoms with van der Waals surface area (Å²) in [6.45, 7) is 3.77. The molecule has 0 saturated heterocycles. The molecule has 4 heteroatoms. The molecule has 0 bridgehead atoms. The third kappa shape index (κ3) is 2.47. The lowest BCUT2D eigenvalue weighted by Gasteiger charge is -2.07. The van der Waals surface area contributed by atoms with Crippen molar-refractivity contribution in [3.05, 3.63) is 45.6 Å². The number of amides is 1. The number of aromatic hydroxyl groups is 1. The summed E-state index contributed by atoms with van der Waals surface area (Å²) in [5.41, 5.74) is 2.98. The second-order valence-corrected chi connectivity index (χ2v) is 4.69. The van der Waals surface area contributed by atoms with E-state index < -0.39 is 0 Å². The maximum Gasteiger partial charge on any atom is 0.256 e. The molecule has 1 aromatic carbocycles. The molecule has 1 aromatic heterocycles. The van der Waals surface area contributed by atoms with Crippen LogP contribution in [0.1, 0.15) is 21.5 Å². The molecule has 0 aliphatic rings. The van der Waals surface area contributed by atoms with Crippen LogP contribution in [0.25, 0.3) is 0 Å². The van der Waals surface area contributed by atoms with Crippen molar-refractivity contribution in [2.75, 3.05) is 5.32 Å². The minimum Gasteiger partial charge on any atom is -0.506 e. The highest BCUT2D eigenvalue weighted by atomic mass is 32.1. The normalized spacial score (nSPS) is 10.2. The summed E-state index contributed by atoms with van der Waals surface area (Å²) in [7, 11) is 0. The smallest absolute Gasteiger partial charge is 0.256 e. The lowest BCUT2D eigenvalue weighted by atomic mass is 10.2. The summed E-state index contributed by atoms with van der Waals surface area (Å²) in [4.78, 5) is 11.9. The van der Waals surface area contributed by atoms with E-state index in [9.17, 15) is 9.90 Å². The largest absolute Gasteiger partial charge is 0.506 e. The maximum absolute atomic E-state index is 11.9. The second kappa shape index (κ2) is 4.59. The number of hydrogen-bond acceptors (Lipinski definition) is 3. The zero-order chi connectivity index (χ0) is 12.4. The average Bonchev–Trinajstić information content (AvgIpc) is 2.68. The minimum absolute atomic E-state index is 0.0891. The Morgan fingerprint density at radius 3 is 2.65 bits per heavy atom. The highest BCUT2D eigenvalue weighted by Crippen LogP contribution is 2.25. The first-order chi connectivity index (χ1) is 8.08. The standard InChI is InChI=1S/C13H13NO2S/c1-8-3-4-11(12(15)5-8)14-13(16)10-7-17-6-9(10)2/h3-7,15H,1-2H3,(H,14,16). The van der Waals surface area contributed by atoms with E-state index >= 15 is 0 Å². The number of benzene rings is 1. The molecule has 2 aromatic rings. The van der Waals surface area contributed by atoms with Gasteiger partial charge in [0.05, 0.1) is 11.3 Å². The van der Waals surface area contributed by atoms with Crippen LogP contribution in [0.4, 0.5) is 5.69 Å². The van der Waals surface area contributed by atoms with Crippen molar-refractivity contribution in [3.63, 3.8) is 0 Å². The number of rotatable bonds is 2. The number of carbonyl (C=O) groups excluding carboxylic acids is 1. The van der Waals surface area contributed by atoms with Crippen LogP contribution < -0.4 is 5.32 Å². The Balaban J connectivity index is 2.22. The summed E-state index contributed by atoms with van der Waals surface area (Å²) in [5.74, 6) is -0.103. The van der Waals surface area contributed by atoms with E-state index in [1.165, 1.54) is 11.3 Å². The summed E-state index contributed by atoms with van der Waals surface area (Å²) < 4.78 is 0. The number of phenolic OH excluding ortho intramolecular Hbond substituents is 1. The van der Waals surface area contributed by atoms with Crippen LogP contribution in [-0.2, 0) is 0 Å². The van der Waals surface area contributed by atoms with Gasteiger partial charge in [-0.3, -0.25) is 4.79 Å². The Kier molecular flexibility index (Phi) is 3.15. The second-order valence-electron chi connectivity index (χ2n) is 3.94. The first kappa shape index (κ1) is 11.7. The van der Waals surface area contributed by atoms with Crippen LogP contribution >= 0.6 is 11.3 Å². The highest BCUT2D eigenvalue weighted by Gasteiger charge is 2.11. The fourth-order valence-corrected chi connectivity index (χ4v) is 2.36. The topological polar surface area (TPSA) is 49.3 Å². The molecule has 0 atom stereocenters. The van der Waals surface area contributed by atoms with E-state index in [1.54, 1.807) is 17.5 Å². The van der Waals surface area contributed by atoms with Crippen molar-refractivity contribution in [3.8, 4) is 5.75 Å². The predicted molar refractivity (Wildman–Crippen MR) is 69.9 cm³/mol. The number of aryl methyl sites for hydroxylation is 2. The number of hydrogen-bond donors (Lipinski definition) is 2. The molecule has 0 saturated carbocycles. The molecule has 0 aliphatic carbocycles. The Morgan fingerprint density at radius 2 is 2.06 bits per heavy atom. The van der Waals surface area contributed by atoms with Crippen LogP contribution in [0.5, 0.6) is 5.75 Å². The quantitative estimate of drug-likeness (QED) is 0.800. The van der Waals surface area contributed by atoms with E-state index in [2.05, 4.69) is 5.32 Å². The fraction of sp³-hybridized carbons (Fsp3) is 0.154. The zero-order valence-corrected chi connectivity index (χ0v) is 10.5. The Morgan fingerprint density at radius 1 is 1.29 bits per heavy atom. The van der Waals surface area contributed by atoms with Crippen LogP contribution in [0.15, 0.2) is 29.0 Å². The van der Waals surface area contributed by atoms with E-state index in [1.807, 2.05) is 25.3 Å². The van der Waals surface area contributed by atoms with Gasteiger partial charge in [-0.1, -0.05) is 6.07 Å². The summed E-state index contributed by atoms with van der Waals surface area (Å²) in [6.07, 6.45) is 0. The fourth-order valence-electron chi connectivity index (χ4n) is 1.53. The first-order valence-corrected chi connectivity index (χ1v) is 6.16. The molecule has 0 spiro atoms. The number of nitrogens with one attached hydrogen (secondary N) is 1. The van der Waals surface area contributed by atoms with E-state index in [0.29, 0.717) is 11.3 Å². The Hall–Kier alpha value is -1.81. The number of anilines is 1. The van der Waals surface area contributed by atoms with Gasteiger partial charge in [-0.05, 0) is 42.5 Å². The monoisotopic (exact) mass is 247 g/mol. The van der Waals surface area contributed by atoms with E-state index in [0.717, 1.165) is 11.1 Å². The Labute approximate surface area is 104 Å². The van der Waals surface area contributed by atoms with Crippen molar-refractivity contribution >= 4 is 22.9 Å². The SMILES string of the molecule is Cc1ccc(NC(=O)c2cscc2C)c(O)c1. The molecule has 2 N–H and O–H groups in total. The van der Waals surface area contributed by atoms with E-state index in [4.69, 9.17) is 0 Å². The highest BCUT2D eigenvalue weighted by molar-refractivity contribution is 7.08. The molecular weight excluding hydrogens is 234 g/mol. The molecule has 17 heavy (non-hydrogen) atoms. The number of thiophene rings is 1. The summed E-state index contributed by atoms with van der Waals surface area (Å²) in [6, 6.07) is 5.16. The average molecular weight is 247 g/mol. The zero-order valence-electron chi connectivity index (χ0n) is 9.65. The lowest BCUT2D eigenvalue weighted by molar-refractivity contribution is 0.102. The minimum atomic E-state index is -0.192. The molecule has 0 unspecified atom stereocenters. The molecule has 1 amide bonds. The van der Waals surface area contributed by atoms with Gasteiger partial charge in [0.2, 0.25) is 0 Å². The van der Waals surface area contributed by atoms with Crippen LogP contribution in [0.3, 0.4) is 0 Å². The van der Waals surface area contributed by atoms with Gasteiger partial charge in [0, 0.05) is 5.38 Å². The maximum atomic E-state index is 11.9. The van der Waals surface area contributed by atoms with Gasteiger partial charge in [-0.15, -0.1) is 0 Å². The van der Waals surface area contributed by atoms with Gasteiger partial charge >= 0.3 is 0 Å². The number of carbonyl (C=O) groups is 1. The van der Waals surface area contributed by atoms with Crippen LogP contribution in [0.2, 0.25) is 0 Å². The van der Waals surface area contributed by atoms with Crippen molar-refractivity contribution in [1.29, 1.82) is 0 Å². The van der Waals surface area contributed by atoms with Crippen LogP contribution in [-0.4, -0.2) is 11.0 Å². The number of phenols is 1. The van der Waals surface area contributed by atoms with Crippen molar-refractivity contribution in [2.24, 2.45) is 0 Å². The molecule has 2 rings (SSSR count). The van der Waals surface area contributed by atoms with Crippen molar-refractivity contribution in [2.45, 2.75) is 13.8 Å². The first-order valence-electron chi connectivity index (χ1n) is 5.21. The van der Waals surface area contributed by atoms with Crippen molar-refractivity contribution < 1.29 is 9.90 Å². The van der Waals surface area contributed by atoms with E-state index in [-0.39, 0.29) is 11.7 Å². The van der Waals surface area contributed by atoms with Gasteiger partial charge in [0.25, 0.3) is 5.91 Å². The van der Waals surface area contributed by atoms with Gasteiger partial charge < -0.3 is 10.4 Å².